The van der Waals surface area contributed by atoms with Gasteiger partial charge in [-0.25, -0.2) is 0 Å². The Kier molecular flexibility index (Phi) is 3.26. The average Bonchev–Trinajstić information content (AvgIpc) is 2.78. The lowest BCUT2D eigenvalue weighted by atomic mass is 10.1. The molecule has 0 saturated heterocycles. The summed E-state index contributed by atoms with van der Waals surface area (Å²) in [6.45, 7) is 6.87. The molecular formula is C13H15NOSSi. The summed E-state index contributed by atoms with van der Waals surface area (Å²) in [7, 11) is -1.31. The van der Waals surface area contributed by atoms with Crippen molar-refractivity contribution >= 4 is 29.7 Å². The first-order valence-corrected chi connectivity index (χ1v) is 9.85. The maximum atomic E-state index is 12.2. The number of carbonyl (C=O) groups is 1. The van der Waals surface area contributed by atoms with E-state index < -0.39 is 8.07 Å². The summed E-state index contributed by atoms with van der Waals surface area (Å²) in [5, 5.41) is 0. The van der Waals surface area contributed by atoms with E-state index in [2.05, 4.69) is 30.7 Å². The molecule has 2 nitrogen and oxygen atoms in total. The van der Waals surface area contributed by atoms with Crippen LogP contribution in [0.3, 0.4) is 0 Å². The minimum atomic E-state index is -1.31. The largest absolute Gasteiger partial charge is 0.288 e. The number of aromatic nitrogens is 1. The van der Waals surface area contributed by atoms with E-state index in [9.17, 15) is 4.79 Å². The molecule has 0 aromatic carbocycles. The highest BCUT2D eigenvalue weighted by Gasteiger charge is 2.20. The molecule has 2 aromatic heterocycles. The number of carbonyl (C=O) groups excluding carboxylic acids is 1. The molecule has 0 bridgehead atoms. The number of ketones is 1. The number of thiophene rings is 1. The molecule has 0 fully saturated rings. The van der Waals surface area contributed by atoms with Crippen LogP contribution in [0.1, 0.15) is 15.2 Å². The fourth-order valence-corrected chi connectivity index (χ4v) is 4.37. The number of pyridine rings is 1. The lowest BCUT2D eigenvalue weighted by molar-refractivity contribution is 0.104. The Hall–Kier alpha value is -1.26. The molecule has 0 aliphatic carbocycles. The Bertz CT molecular complexity index is 528. The van der Waals surface area contributed by atoms with Crippen molar-refractivity contribution in [3.63, 3.8) is 0 Å². The molecule has 0 aliphatic heterocycles. The number of hydrogen-bond donors (Lipinski definition) is 0. The summed E-state index contributed by atoms with van der Waals surface area (Å²) < 4.78 is 1.37. The van der Waals surface area contributed by atoms with Crippen molar-refractivity contribution in [3.8, 4) is 0 Å². The van der Waals surface area contributed by atoms with Gasteiger partial charge >= 0.3 is 0 Å². The third kappa shape index (κ3) is 2.70. The highest BCUT2D eigenvalue weighted by molar-refractivity contribution is 7.27. The van der Waals surface area contributed by atoms with E-state index in [0.29, 0.717) is 5.56 Å². The second-order valence-electron chi connectivity index (χ2n) is 4.98. The molecular weight excluding hydrogens is 246 g/mol. The van der Waals surface area contributed by atoms with Gasteiger partial charge in [0.05, 0.1) is 13.0 Å². The van der Waals surface area contributed by atoms with Gasteiger partial charge in [0.15, 0.2) is 0 Å². The summed E-state index contributed by atoms with van der Waals surface area (Å²) in [6.07, 6.45) is 3.31. The lowest BCUT2D eigenvalue weighted by Crippen LogP contribution is -2.34. The Balaban J connectivity index is 2.30. The SMILES string of the molecule is C[Si](C)(C)c1ccc(C(=O)c2ccncc2)s1. The van der Waals surface area contributed by atoms with Crippen LogP contribution in [0.4, 0.5) is 0 Å². The first-order valence-electron chi connectivity index (χ1n) is 5.53. The van der Waals surface area contributed by atoms with Crippen LogP contribution in [-0.2, 0) is 0 Å². The Labute approximate surface area is 106 Å². The molecule has 0 unspecified atom stereocenters. The lowest BCUT2D eigenvalue weighted by Gasteiger charge is -2.12. The predicted molar refractivity (Wildman–Crippen MR) is 75.0 cm³/mol. The minimum absolute atomic E-state index is 0.0990. The topological polar surface area (TPSA) is 30.0 Å². The molecule has 0 aliphatic rings. The van der Waals surface area contributed by atoms with E-state index >= 15 is 0 Å². The molecule has 2 rings (SSSR count). The first-order chi connectivity index (χ1) is 7.98. The zero-order chi connectivity index (χ0) is 12.5. The summed E-state index contributed by atoms with van der Waals surface area (Å²) in [4.78, 5) is 16.9. The molecule has 88 valence electrons. The zero-order valence-corrected chi connectivity index (χ0v) is 12.0. The molecule has 4 heteroatoms. The molecule has 0 saturated carbocycles. The summed E-state index contributed by atoms with van der Waals surface area (Å²) >= 11 is 1.63. The van der Waals surface area contributed by atoms with E-state index in [1.165, 1.54) is 4.50 Å². The van der Waals surface area contributed by atoms with Crippen LogP contribution < -0.4 is 4.50 Å². The Morgan fingerprint density at radius 3 is 2.29 bits per heavy atom. The Morgan fingerprint density at radius 2 is 1.76 bits per heavy atom. The predicted octanol–water partition coefficient (Wildman–Crippen LogP) is 2.92. The van der Waals surface area contributed by atoms with Crippen LogP contribution in [0.5, 0.6) is 0 Å². The van der Waals surface area contributed by atoms with Crippen molar-refractivity contribution in [2.75, 3.05) is 0 Å². The quantitative estimate of drug-likeness (QED) is 0.628. The third-order valence-corrected chi connectivity index (χ3v) is 7.20. The number of rotatable bonds is 3. The molecule has 0 amide bonds. The second kappa shape index (κ2) is 4.54. The van der Waals surface area contributed by atoms with Gasteiger partial charge in [-0.3, -0.25) is 9.78 Å². The fourth-order valence-electron chi connectivity index (χ4n) is 1.51. The summed E-state index contributed by atoms with van der Waals surface area (Å²) in [5.41, 5.74) is 0.712. The molecule has 2 heterocycles. The molecule has 0 spiro atoms. The average molecular weight is 261 g/mol. The normalized spacial score (nSPS) is 11.5. The van der Waals surface area contributed by atoms with Crippen LogP contribution in [-0.4, -0.2) is 18.8 Å². The van der Waals surface area contributed by atoms with Crippen molar-refractivity contribution in [1.82, 2.24) is 4.98 Å². The van der Waals surface area contributed by atoms with Crippen molar-refractivity contribution < 1.29 is 4.79 Å². The minimum Gasteiger partial charge on any atom is -0.288 e. The molecule has 2 aromatic rings. The van der Waals surface area contributed by atoms with Crippen molar-refractivity contribution in [2.24, 2.45) is 0 Å². The van der Waals surface area contributed by atoms with Gasteiger partial charge in [0.1, 0.15) is 0 Å². The van der Waals surface area contributed by atoms with Crippen LogP contribution >= 0.6 is 11.3 Å². The highest BCUT2D eigenvalue weighted by atomic mass is 32.1. The standard InChI is InChI=1S/C13H15NOSSi/c1-17(2,3)12-5-4-11(16-12)13(15)10-6-8-14-9-7-10/h4-9H,1-3H3. The number of hydrogen-bond acceptors (Lipinski definition) is 3. The molecule has 0 radical (unpaired) electrons. The van der Waals surface area contributed by atoms with Crippen LogP contribution in [0.15, 0.2) is 36.7 Å². The zero-order valence-electron chi connectivity index (χ0n) is 10.2. The van der Waals surface area contributed by atoms with Gasteiger partial charge in [0.2, 0.25) is 5.78 Å². The first kappa shape index (κ1) is 12.2. The Morgan fingerprint density at radius 1 is 1.12 bits per heavy atom. The highest BCUT2D eigenvalue weighted by Crippen LogP contribution is 2.16. The van der Waals surface area contributed by atoms with E-state index in [0.717, 1.165) is 4.88 Å². The van der Waals surface area contributed by atoms with Gasteiger partial charge in [0.25, 0.3) is 0 Å². The maximum Gasteiger partial charge on any atom is 0.203 e. The number of nitrogens with zero attached hydrogens (tertiary/aromatic N) is 1. The molecule has 0 N–H and O–H groups in total. The summed E-state index contributed by atoms with van der Waals surface area (Å²) in [5.74, 6) is 0.0990. The van der Waals surface area contributed by atoms with E-state index in [1.54, 1.807) is 35.9 Å². The fraction of sp³-hybridized carbons (Fsp3) is 0.231. The third-order valence-electron chi connectivity index (χ3n) is 2.51. The van der Waals surface area contributed by atoms with Crippen molar-refractivity contribution in [1.29, 1.82) is 0 Å². The van der Waals surface area contributed by atoms with Gasteiger partial charge in [0, 0.05) is 18.0 Å². The van der Waals surface area contributed by atoms with Crippen LogP contribution in [0.2, 0.25) is 19.6 Å². The molecule has 17 heavy (non-hydrogen) atoms. The van der Waals surface area contributed by atoms with E-state index in [1.807, 2.05) is 6.07 Å². The van der Waals surface area contributed by atoms with Crippen molar-refractivity contribution in [2.45, 2.75) is 19.6 Å². The van der Waals surface area contributed by atoms with Gasteiger partial charge < -0.3 is 0 Å². The summed E-state index contributed by atoms with van der Waals surface area (Å²) in [6, 6.07) is 7.57. The van der Waals surface area contributed by atoms with Crippen LogP contribution in [0, 0.1) is 0 Å². The second-order valence-corrected chi connectivity index (χ2v) is 11.5. The van der Waals surface area contributed by atoms with Gasteiger partial charge in [-0.15, -0.1) is 11.3 Å². The van der Waals surface area contributed by atoms with Crippen LogP contribution in [0.25, 0.3) is 0 Å². The van der Waals surface area contributed by atoms with Crippen molar-refractivity contribution in [3.05, 3.63) is 47.1 Å². The maximum absolute atomic E-state index is 12.2. The van der Waals surface area contributed by atoms with E-state index in [-0.39, 0.29) is 5.78 Å². The smallest absolute Gasteiger partial charge is 0.203 e. The monoisotopic (exact) mass is 261 g/mol. The van der Waals surface area contributed by atoms with Gasteiger partial charge in [-0.1, -0.05) is 25.7 Å². The van der Waals surface area contributed by atoms with Gasteiger partial charge in [-0.05, 0) is 22.7 Å². The van der Waals surface area contributed by atoms with Gasteiger partial charge in [-0.2, -0.15) is 0 Å². The van der Waals surface area contributed by atoms with E-state index in [4.69, 9.17) is 0 Å². The molecule has 0 atom stereocenters.